The lowest BCUT2D eigenvalue weighted by molar-refractivity contribution is -0.124. The first-order valence-corrected chi connectivity index (χ1v) is 5.41. The number of carbonyl (C=O) groups excluding carboxylic acids is 1. The van der Waals surface area contributed by atoms with E-state index in [1.807, 2.05) is 49.1 Å². The van der Waals surface area contributed by atoms with Gasteiger partial charge in [-0.2, -0.15) is 0 Å². The predicted molar refractivity (Wildman–Crippen MR) is 61.8 cm³/mol. The minimum Gasteiger partial charge on any atom is -0.309 e. The third-order valence-electron chi connectivity index (χ3n) is 3.08. The van der Waals surface area contributed by atoms with Crippen LogP contribution in [0, 0.1) is 5.41 Å². The highest BCUT2D eigenvalue weighted by Crippen LogP contribution is 2.37. The van der Waals surface area contributed by atoms with Crippen LogP contribution in [0.15, 0.2) is 30.3 Å². The Morgan fingerprint density at radius 2 is 1.87 bits per heavy atom. The number of anilines is 1. The van der Waals surface area contributed by atoms with Crippen LogP contribution in [0.3, 0.4) is 0 Å². The highest BCUT2D eigenvalue weighted by molar-refractivity contribution is 6.00. The average molecular weight is 203 g/mol. The average Bonchev–Trinajstić information content (AvgIpc) is 2.38. The Morgan fingerprint density at radius 3 is 2.33 bits per heavy atom. The van der Waals surface area contributed by atoms with Gasteiger partial charge in [0, 0.05) is 17.1 Å². The van der Waals surface area contributed by atoms with Crippen molar-refractivity contribution in [3.63, 3.8) is 0 Å². The number of benzene rings is 1. The van der Waals surface area contributed by atoms with Crippen molar-refractivity contribution in [1.29, 1.82) is 0 Å². The fraction of sp³-hybridized carbons (Fsp3) is 0.462. The van der Waals surface area contributed by atoms with Gasteiger partial charge in [0.2, 0.25) is 5.91 Å². The fourth-order valence-corrected chi connectivity index (χ4v) is 2.40. The van der Waals surface area contributed by atoms with Crippen molar-refractivity contribution in [3.8, 4) is 0 Å². The van der Waals surface area contributed by atoms with E-state index in [0.29, 0.717) is 6.04 Å². The maximum absolute atomic E-state index is 12.2. The third kappa shape index (κ3) is 1.65. The second kappa shape index (κ2) is 3.37. The van der Waals surface area contributed by atoms with E-state index in [-0.39, 0.29) is 11.3 Å². The quantitative estimate of drug-likeness (QED) is 0.687. The smallest absolute Gasteiger partial charge is 0.232 e. The second-order valence-electron chi connectivity index (χ2n) is 4.95. The van der Waals surface area contributed by atoms with Crippen LogP contribution < -0.4 is 4.90 Å². The standard InChI is InChI=1S/C13H17NO/c1-10-9-13(2,3)12(15)14(10)11-7-5-4-6-8-11/h4-8,10H,9H2,1-3H3. The molecule has 1 atom stereocenters. The van der Waals surface area contributed by atoms with Crippen molar-refractivity contribution < 1.29 is 4.79 Å². The Hall–Kier alpha value is -1.31. The van der Waals surface area contributed by atoms with E-state index in [2.05, 4.69) is 6.92 Å². The Bertz CT molecular complexity index is 369. The summed E-state index contributed by atoms with van der Waals surface area (Å²) in [6.45, 7) is 6.16. The van der Waals surface area contributed by atoms with Crippen molar-refractivity contribution in [2.45, 2.75) is 33.2 Å². The van der Waals surface area contributed by atoms with Crippen LogP contribution in [0.5, 0.6) is 0 Å². The molecule has 1 aromatic rings. The summed E-state index contributed by atoms with van der Waals surface area (Å²) < 4.78 is 0. The van der Waals surface area contributed by atoms with Gasteiger partial charge in [0.25, 0.3) is 0 Å². The largest absolute Gasteiger partial charge is 0.309 e. The summed E-state index contributed by atoms with van der Waals surface area (Å²) in [5, 5.41) is 0. The van der Waals surface area contributed by atoms with Gasteiger partial charge in [-0.3, -0.25) is 4.79 Å². The zero-order valence-corrected chi connectivity index (χ0v) is 9.53. The molecule has 1 heterocycles. The van der Waals surface area contributed by atoms with Gasteiger partial charge in [0.1, 0.15) is 0 Å². The highest BCUT2D eigenvalue weighted by atomic mass is 16.2. The number of nitrogens with zero attached hydrogens (tertiary/aromatic N) is 1. The predicted octanol–water partition coefficient (Wildman–Crippen LogP) is 2.84. The normalized spacial score (nSPS) is 24.6. The Balaban J connectivity index is 2.35. The van der Waals surface area contributed by atoms with Gasteiger partial charge in [-0.1, -0.05) is 32.0 Å². The molecule has 0 spiro atoms. The molecule has 0 aromatic heterocycles. The molecule has 1 aromatic carbocycles. The molecule has 1 unspecified atom stereocenters. The number of amides is 1. The third-order valence-corrected chi connectivity index (χ3v) is 3.08. The van der Waals surface area contributed by atoms with Crippen LogP contribution in [0.2, 0.25) is 0 Å². The summed E-state index contributed by atoms with van der Waals surface area (Å²) in [5.41, 5.74) is 0.801. The molecule has 80 valence electrons. The van der Waals surface area contributed by atoms with Crippen LogP contribution in [-0.2, 0) is 4.79 Å². The monoisotopic (exact) mass is 203 g/mol. The first-order chi connectivity index (χ1) is 7.02. The Labute approximate surface area is 90.9 Å². The summed E-state index contributed by atoms with van der Waals surface area (Å²) >= 11 is 0. The summed E-state index contributed by atoms with van der Waals surface area (Å²) in [5.74, 6) is 0.237. The van der Waals surface area contributed by atoms with Gasteiger partial charge in [0.05, 0.1) is 0 Å². The highest BCUT2D eigenvalue weighted by Gasteiger charge is 2.43. The minimum atomic E-state index is -0.213. The molecule has 1 saturated heterocycles. The lowest BCUT2D eigenvalue weighted by atomic mass is 9.90. The SMILES string of the molecule is CC1CC(C)(C)C(=O)N1c1ccccc1. The summed E-state index contributed by atoms with van der Waals surface area (Å²) in [6, 6.07) is 10.2. The minimum absolute atomic E-state index is 0.213. The van der Waals surface area contributed by atoms with Crippen molar-refractivity contribution >= 4 is 11.6 Å². The van der Waals surface area contributed by atoms with Crippen LogP contribution in [0.4, 0.5) is 5.69 Å². The summed E-state index contributed by atoms with van der Waals surface area (Å²) in [4.78, 5) is 14.1. The molecule has 0 aliphatic carbocycles. The van der Waals surface area contributed by atoms with Gasteiger partial charge in [0.15, 0.2) is 0 Å². The summed E-state index contributed by atoms with van der Waals surface area (Å²) in [7, 11) is 0. The van der Waals surface area contributed by atoms with Gasteiger partial charge in [-0.15, -0.1) is 0 Å². The molecule has 2 nitrogen and oxygen atoms in total. The van der Waals surface area contributed by atoms with E-state index in [9.17, 15) is 4.79 Å². The number of rotatable bonds is 1. The maximum Gasteiger partial charge on any atom is 0.232 e. The van der Waals surface area contributed by atoms with Crippen LogP contribution >= 0.6 is 0 Å². The number of carbonyl (C=O) groups is 1. The number of hydrogen-bond donors (Lipinski definition) is 0. The van der Waals surface area contributed by atoms with Gasteiger partial charge < -0.3 is 4.90 Å². The topological polar surface area (TPSA) is 20.3 Å². The second-order valence-corrected chi connectivity index (χ2v) is 4.95. The number of para-hydroxylation sites is 1. The van der Waals surface area contributed by atoms with Crippen molar-refractivity contribution in [1.82, 2.24) is 0 Å². The van der Waals surface area contributed by atoms with E-state index >= 15 is 0 Å². The maximum atomic E-state index is 12.2. The molecule has 0 bridgehead atoms. The fourth-order valence-electron chi connectivity index (χ4n) is 2.40. The van der Waals surface area contributed by atoms with Crippen molar-refractivity contribution in [2.24, 2.45) is 5.41 Å². The van der Waals surface area contributed by atoms with Crippen LogP contribution in [0.25, 0.3) is 0 Å². The molecule has 2 heteroatoms. The van der Waals surface area contributed by atoms with Crippen LogP contribution in [-0.4, -0.2) is 11.9 Å². The molecule has 1 aliphatic heterocycles. The molecule has 15 heavy (non-hydrogen) atoms. The zero-order valence-electron chi connectivity index (χ0n) is 9.53. The molecule has 1 fully saturated rings. The molecule has 0 radical (unpaired) electrons. The molecule has 1 aliphatic rings. The molecule has 2 rings (SSSR count). The van der Waals surface area contributed by atoms with E-state index < -0.39 is 0 Å². The molecular formula is C13H17NO. The molecular weight excluding hydrogens is 186 g/mol. The Morgan fingerprint density at radius 1 is 1.27 bits per heavy atom. The summed E-state index contributed by atoms with van der Waals surface area (Å²) in [6.07, 6.45) is 0.931. The molecule has 0 saturated carbocycles. The Kier molecular flexibility index (Phi) is 2.29. The van der Waals surface area contributed by atoms with E-state index in [4.69, 9.17) is 0 Å². The van der Waals surface area contributed by atoms with Gasteiger partial charge >= 0.3 is 0 Å². The molecule has 0 N–H and O–H groups in total. The number of hydrogen-bond acceptors (Lipinski definition) is 1. The van der Waals surface area contributed by atoms with Crippen LogP contribution in [0.1, 0.15) is 27.2 Å². The lowest BCUT2D eigenvalue weighted by Crippen LogP contribution is -2.33. The lowest BCUT2D eigenvalue weighted by Gasteiger charge is -2.22. The molecule has 1 amide bonds. The first kappa shape index (κ1) is 10.2. The van der Waals surface area contributed by atoms with E-state index in [0.717, 1.165) is 12.1 Å². The zero-order chi connectivity index (χ0) is 11.1. The van der Waals surface area contributed by atoms with Crippen molar-refractivity contribution in [3.05, 3.63) is 30.3 Å². The first-order valence-electron chi connectivity index (χ1n) is 5.41. The van der Waals surface area contributed by atoms with E-state index in [1.54, 1.807) is 0 Å². The van der Waals surface area contributed by atoms with Gasteiger partial charge in [-0.05, 0) is 25.5 Å². The van der Waals surface area contributed by atoms with Crippen molar-refractivity contribution in [2.75, 3.05) is 4.90 Å². The van der Waals surface area contributed by atoms with Gasteiger partial charge in [-0.25, -0.2) is 0 Å². The van der Waals surface area contributed by atoms with E-state index in [1.165, 1.54) is 0 Å².